The fraction of sp³-hybridized carbons (Fsp3) is 0.214. The topological polar surface area (TPSA) is 48.7 Å². The van der Waals surface area contributed by atoms with E-state index in [0.29, 0.717) is 12.2 Å². The molecule has 0 radical (unpaired) electrons. The quantitative estimate of drug-likeness (QED) is 0.612. The average Bonchev–Trinajstić information content (AvgIpc) is 2.82. The van der Waals surface area contributed by atoms with Gasteiger partial charge in [0.2, 0.25) is 0 Å². The maximum Gasteiger partial charge on any atom is 0.514 e. The van der Waals surface area contributed by atoms with Gasteiger partial charge >= 0.3 is 6.16 Å². The summed E-state index contributed by atoms with van der Waals surface area (Å²) in [5.41, 5.74) is 0.981. The Bertz CT molecular complexity index is 476. The highest BCUT2D eigenvalue weighted by Gasteiger charge is 2.12. The predicted molar refractivity (Wildman–Crippen MR) is 65.4 cm³/mol. The minimum atomic E-state index is -0.697. The first-order valence-corrected chi connectivity index (χ1v) is 5.68. The largest absolute Gasteiger partial charge is 0.514 e. The Hall–Kier alpha value is -2.23. The van der Waals surface area contributed by atoms with Crippen molar-refractivity contribution in [3.05, 3.63) is 54.5 Å². The Kier molecular flexibility index (Phi) is 4.02. The minimum Gasteiger partial charge on any atom is -0.472 e. The number of carbonyl (C=O) groups excluding carboxylic acids is 1. The second kappa shape index (κ2) is 5.91. The van der Waals surface area contributed by atoms with E-state index < -0.39 is 6.16 Å². The van der Waals surface area contributed by atoms with Crippen molar-refractivity contribution in [2.24, 2.45) is 0 Å². The van der Waals surface area contributed by atoms with E-state index in [1.807, 2.05) is 12.1 Å². The fourth-order valence-electron chi connectivity index (χ4n) is 1.56. The highest BCUT2D eigenvalue weighted by Crippen LogP contribution is 2.11. The van der Waals surface area contributed by atoms with Gasteiger partial charge in [0.25, 0.3) is 0 Å². The van der Waals surface area contributed by atoms with Crippen molar-refractivity contribution in [3.63, 3.8) is 0 Å². The molecule has 0 fully saturated rings. The van der Waals surface area contributed by atoms with E-state index in [0.717, 1.165) is 5.56 Å². The zero-order chi connectivity index (χ0) is 12.8. The van der Waals surface area contributed by atoms with Crippen LogP contribution in [0.4, 0.5) is 4.79 Å². The molecule has 0 aliphatic heterocycles. The monoisotopic (exact) mass is 246 g/mol. The second-order valence-electron chi connectivity index (χ2n) is 3.93. The molecular weight excluding hydrogens is 232 g/mol. The minimum absolute atomic E-state index is 0.265. The van der Waals surface area contributed by atoms with Crippen LogP contribution in [-0.4, -0.2) is 12.3 Å². The molecule has 4 nitrogen and oxygen atoms in total. The number of benzene rings is 1. The third-order valence-corrected chi connectivity index (χ3v) is 2.35. The number of furan rings is 1. The Labute approximate surface area is 105 Å². The van der Waals surface area contributed by atoms with Crippen molar-refractivity contribution >= 4 is 6.16 Å². The molecule has 0 spiro atoms. The smallest absolute Gasteiger partial charge is 0.472 e. The number of rotatable bonds is 4. The van der Waals surface area contributed by atoms with Crippen LogP contribution in [0.25, 0.3) is 0 Å². The van der Waals surface area contributed by atoms with Crippen molar-refractivity contribution in [2.45, 2.75) is 19.4 Å². The van der Waals surface area contributed by atoms with Crippen LogP contribution < -0.4 is 4.74 Å². The summed E-state index contributed by atoms with van der Waals surface area (Å²) in [7, 11) is 0. The van der Waals surface area contributed by atoms with Gasteiger partial charge in [-0.3, -0.25) is 0 Å². The third kappa shape index (κ3) is 3.66. The van der Waals surface area contributed by atoms with Gasteiger partial charge in [0, 0.05) is 6.42 Å². The highest BCUT2D eigenvalue weighted by atomic mass is 16.7. The summed E-state index contributed by atoms with van der Waals surface area (Å²) in [6.07, 6.45) is 2.85. The number of hydrogen-bond donors (Lipinski definition) is 0. The molecule has 0 bridgehead atoms. The number of carbonyl (C=O) groups is 1. The van der Waals surface area contributed by atoms with Crippen molar-refractivity contribution < 1.29 is 18.7 Å². The summed E-state index contributed by atoms with van der Waals surface area (Å²) in [5.74, 6) is 0.470. The lowest BCUT2D eigenvalue weighted by Gasteiger charge is -2.11. The molecule has 0 saturated carbocycles. The van der Waals surface area contributed by atoms with Crippen molar-refractivity contribution in [1.82, 2.24) is 0 Å². The molecular formula is C14H14O4. The standard InChI is InChI=1S/C14H14O4/c1-11(9-12-7-8-16-10-12)17-14(15)18-13-5-3-2-4-6-13/h2-8,10-11H,9H2,1H3. The first-order chi connectivity index (χ1) is 8.74. The molecule has 0 N–H and O–H groups in total. The van der Waals surface area contributed by atoms with E-state index in [1.165, 1.54) is 0 Å². The van der Waals surface area contributed by atoms with Crippen molar-refractivity contribution in [3.8, 4) is 5.75 Å². The van der Waals surface area contributed by atoms with E-state index in [9.17, 15) is 4.79 Å². The molecule has 1 aromatic heterocycles. The molecule has 0 amide bonds. The summed E-state index contributed by atoms with van der Waals surface area (Å²) in [4.78, 5) is 11.5. The van der Waals surface area contributed by atoms with Crippen LogP contribution >= 0.6 is 0 Å². The number of hydrogen-bond acceptors (Lipinski definition) is 4. The second-order valence-corrected chi connectivity index (χ2v) is 3.93. The SMILES string of the molecule is CC(Cc1ccoc1)OC(=O)Oc1ccccc1. The molecule has 94 valence electrons. The normalized spacial score (nSPS) is 11.8. The summed E-state index contributed by atoms with van der Waals surface area (Å²) in [5, 5.41) is 0. The first-order valence-electron chi connectivity index (χ1n) is 5.68. The van der Waals surface area contributed by atoms with Crippen LogP contribution in [0.3, 0.4) is 0 Å². The van der Waals surface area contributed by atoms with Gasteiger partial charge in [-0.2, -0.15) is 0 Å². The van der Waals surface area contributed by atoms with Crippen LogP contribution in [0.1, 0.15) is 12.5 Å². The van der Waals surface area contributed by atoms with Crippen molar-refractivity contribution in [2.75, 3.05) is 0 Å². The van der Waals surface area contributed by atoms with Crippen LogP contribution in [0.15, 0.2) is 53.3 Å². The first kappa shape index (κ1) is 12.2. The third-order valence-electron chi connectivity index (χ3n) is 2.35. The summed E-state index contributed by atoms with van der Waals surface area (Å²) >= 11 is 0. The molecule has 1 atom stereocenters. The molecule has 1 aromatic carbocycles. The van der Waals surface area contributed by atoms with Gasteiger partial charge in [0.05, 0.1) is 12.5 Å². The maximum absolute atomic E-state index is 11.5. The number of para-hydroxylation sites is 1. The van der Waals surface area contributed by atoms with Gasteiger partial charge < -0.3 is 13.9 Å². The zero-order valence-corrected chi connectivity index (χ0v) is 10.0. The summed E-state index contributed by atoms with van der Waals surface area (Å²) in [6.45, 7) is 1.80. The maximum atomic E-state index is 11.5. The molecule has 0 aliphatic carbocycles. The molecule has 18 heavy (non-hydrogen) atoms. The highest BCUT2D eigenvalue weighted by molar-refractivity contribution is 5.63. The number of ether oxygens (including phenoxy) is 2. The lowest BCUT2D eigenvalue weighted by Crippen LogP contribution is -2.19. The van der Waals surface area contributed by atoms with E-state index in [-0.39, 0.29) is 6.10 Å². The Balaban J connectivity index is 1.80. The molecule has 4 heteroatoms. The van der Waals surface area contributed by atoms with Gasteiger partial charge in [0.1, 0.15) is 11.9 Å². The van der Waals surface area contributed by atoms with Gasteiger partial charge in [0.15, 0.2) is 0 Å². The molecule has 2 rings (SSSR count). The summed E-state index contributed by atoms with van der Waals surface area (Å²) in [6, 6.07) is 10.7. The van der Waals surface area contributed by atoms with Gasteiger partial charge in [-0.25, -0.2) is 4.79 Å². The van der Waals surface area contributed by atoms with Crippen LogP contribution in [-0.2, 0) is 11.2 Å². The molecule has 0 saturated heterocycles. The average molecular weight is 246 g/mol. The van der Waals surface area contributed by atoms with Crippen molar-refractivity contribution in [1.29, 1.82) is 0 Å². The van der Waals surface area contributed by atoms with E-state index in [1.54, 1.807) is 43.7 Å². The van der Waals surface area contributed by atoms with Crippen LogP contribution in [0.5, 0.6) is 5.75 Å². The Morgan fingerprint density at radius 3 is 2.72 bits per heavy atom. The molecule has 1 heterocycles. The summed E-state index contributed by atoms with van der Waals surface area (Å²) < 4.78 is 15.1. The Morgan fingerprint density at radius 2 is 2.06 bits per heavy atom. The van der Waals surface area contributed by atoms with E-state index in [2.05, 4.69) is 0 Å². The molecule has 1 unspecified atom stereocenters. The lowest BCUT2D eigenvalue weighted by atomic mass is 10.2. The Morgan fingerprint density at radius 1 is 1.28 bits per heavy atom. The fourth-order valence-corrected chi connectivity index (χ4v) is 1.56. The zero-order valence-electron chi connectivity index (χ0n) is 10.0. The predicted octanol–water partition coefficient (Wildman–Crippen LogP) is 3.43. The molecule has 2 aromatic rings. The van der Waals surface area contributed by atoms with Gasteiger partial charge in [-0.1, -0.05) is 18.2 Å². The van der Waals surface area contributed by atoms with Crippen LogP contribution in [0, 0.1) is 0 Å². The van der Waals surface area contributed by atoms with Gasteiger partial charge in [-0.15, -0.1) is 0 Å². The van der Waals surface area contributed by atoms with Gasteiger partial charge in [-0.05, 0) is 30.7 Å². The molecule has 0 aliphatic rings. The van der Waals surface area contributed by atoms with Crippen LogP contribution in [0.2, 0.25) is 0 Å². The lowest BCUT2D eigenvalue weighted by molar-refractivity contribution is 0.0659. The van der Waals surface area contributed by atoms with E-state index in [4.69, 9.17) is 13.9 Å². The van der Waals surface area contributed by atoms with E-state index >= 15 is 0 Å².